The van der Waals surface area contributed by atoms with E-state index in [0.29, 0.717) is 13.2 Å². The maximum atomic E-state index is 11.3. The van der Waals surface area contributed by atoms with Gasteiger partial charge in [-0.15, -0.1) is 0 Å². The molecule has 92 valence electrons. The van der Waals surface area contributed by atoms with Crippen LogP contribution in [0.1, 0.15) is 34.1 Å². The lowest BCUT2D eigenvalue weighted by molar-refractivity contribution is 0.0526. The summed E-state index contributed by atoms with van der Waals surface area (Å²) < 4.78 is 10.4. The molecule has 1 atom stereocenters. The lowest BCUT2D eigenvalue weighted by Gasteiger charge is -2.21. The molecule has 1 saturated heterocycles. The van der Waals surface area contributed by atoms with E-state index in [4.69, 9.17) is 9.47 Å². The summed E-state index contributed by atoms with van der Waals surface area (Å²) in [7, 11) is 0. The van der Waals surface area contributed by atoms with Crippen molar-refractivity contribution in [3.8, 4) is 0 Å². The lowest BCUT2D eigenvalue weighted by atomic mass is 10.0. The normalized spacial score (nSPS) is 24.2. The van der Waals surface area contributed by atoms with E-state index in [1.54, 1.807) is 0 Å². The Morgan fingerprint density at radius 2 is 2.25 bits per heavy atom. The van der Waals surface area contributed by atoms with Crippen LogP contribution < -0.4 is 5.43 Å². The maximum absolute atomic E-state index is 11.3. The molecule has 0 aromatic rings. The van der Waals surface area contributed by atoms with Gasteiger partial charge in [0.05, 0.1) is 13.2 Å². The highest BCUT2D eigenvalue weighted by Gasteiger charge is 2.18. The largest absolute Gasteiger partial charge is 0.443 e. The molecule has 0 aromatic carbocycles. The Kier molecular flexibility index (Phi) is 4.29. The molecule has 5 nitrogen and oxygen atoms in total. The van der Waals surface area contributed by atoms with Gasteiger partial charge in [0.2, 0.25) is 0 Å². The van der Waals surface area contributed by atoms with E-state index in [1.807, 2.05) is 27.7 Å². The minimum absolute atomic E-state index is 0.253. The standard InChI is InChI=1S/C11H20N2O3/c1-8-7-15-6-5-9(8)12-13-10(14)16-11(2,3)4/h8H,5-7H2,1-4H3,(H,13,14). The van der Waals surface area contributed by atoms with Crippen molar-refractivity contribution in [2.75, 3.05) is 13.2 Å². The summed E-state index contributed by atoms with van der Waals surface area (Å²) in [6.07, 6.45) is 0.246. The second-order valence-electron chi connectivity index (χ2n) is 4.94. The van der Waals surface area contributed by atoms with Crippen LogP contribution in [0.5, 0.6) is 0 Å². The van der Waals surface area contributed by atoms with Crippen LogP contribution in [0.4, 0.5) is 4.79 Å². The molecule has 1 heterocycles. The molecule has 1 aliphatic heterocycles. The molecule has 0 bridgehead atoms. The number of hydrazone groups is 1. The van der Waals surface area contributed by atoms with Crippen molar-refractivity contribution in [1.82, 2.24) is 5.43 Å². The number of ether oxygens (including phenoxy) is 2. The van der Waals surface area contributed by atoms with Crippen molar-refractivity contribution >= 4 is 11.8 Å². The zero-order chi connectivity index (χ0) is 12.2. The summed E-state index contributed by atoms with van der Waals surface area (Å²) in [6.45, 7) is 8.80. The highest BCUT2D eigenvalue weighted by Crippen LogP contribution is 2.10. The summed E-state index contributed by atoms with van der Waals surface area (Å²) in [5.74, 6) is 0.253. The van der Waals surface area contributed by atoms with E-state index in [-0.39, 0.29) is 5.92 Å². The Morgan fingerprint density at radius 3 is 2.81 bits per heavy atom. The monoisotopic (exact) mass is 228 g/mol. The third-order valence-electron chi connectivity index (χ3n) is 2.13. The van der Waals surface area contributed by atoms with Crippen molar-refractivity contribution in [2.24, 2.45) is 11.0 Å². The number of hydrogen-bond acceptors (Lipinski definition) is 4. The summed E-state index contributed by atoms with van der Waals surface area (Å²) in [6, 6.07) is 0. The second-order valence-corrected chi connectivity index (χ2v) is 4.94. The van der Waals surface area contributed by atoms with Gasteiger partial charge in [0.15, 0.2) is 0 Å². The third kappa shape index (κ3) is 4.61. The molecule has 1 fully saturated rings. The van der Waals surface area contributed by atoms with Gasteiger partial charge in [-0.3, -0.25) is 0 Å². The lowest BCUT2D eigenvalue weighted by Crippen LogP contribution is -2.32. The summed E-state index contributed by atoms with van der Waals surface area (Å²) in [5, 5.41) is 4.06. The molecule has 1 amide bonds. The van der Waals surface area contributed by atoms with Gasteiger partial charge in [-0.05, 0) is 20.8 Å². The van der Waals surface area contributed by atoms with Crippen molar-refractivity contribution in [3.63, 3.8) is 0 Å². The Balaban J connectivity index is 2.42. The number of carbonyl (C=O) groups excluding carboxylic acids is 1. The topological polar surface area (TPSA) is 59.9 Å². The third-order valence-corrected chi connectivity index (χ3v) is 2.13. The predicted octanol–water partition coefficient (Wildman–Crippen LogP) is 1.92. The zero-order valence-electron chi connectivity index (χ0n) is 10.4. The van der Waals surface area contributed by atoms with Crippen molar-refractivity contribution < 1.29 is 14.3 Å². The van der Waals surface area contributed by atoms with Crippen molar-refractivity contribution in [2.45, 2.75) is 39.7 Å². The SMILES string of the molecule is CC1COCCC1=NNC(=O)OC(C)(C)C. The number of amides is 1. The van der Waals surface area contributed by atoms with Crippen LogP contribution in [0.15, 0.2) is 5.10 Å². The fourth-order valence-electron chi connectivity index (χ4n) is 1.36. The van der Waals surface area contributed by atoms with E-state index in [0.717, 1.165) is 12.1 Å². The van der Waals surface area contributed by atoms with Crippen LogP contribution >= 0.6 is 0 Å². The summed E-state index contributed by atoms with van der Waals surface area (Å²) in [5.41, 5.74) is 2.87. The van der Waals surface area contributed by atoms with E-state index >= 15 is 0 Å². The quantitative estimate of drug-likeness (QED) is 0.697. The van der Waals surface area contributed by atoms with Gasteiger partial charge in [-0.1, -0.05) is 6.92 Å². The first-order chi connectivity index (χ1) is 7.38. The van der Waals surface area contributed by atoms with E-state index in [2.05, 4.69) is 10.5 Å². The number of nitrogens with one attached hydrogen (secondary N) is 1. The average molecular weight is 228 g/mol. The molecule has 1 aliphatic rings. The average Bonchev–Trinajstić information content (AvgIpc) is 2.14. The minimum atomic E-state index is -0.515. The van der Waals surface area contributed by atoms with Crippen LogP contribution in [0.3, 0.4) is 0 Å². The number of nitrogens with zero attached hydrogens (tertiary/aromatic N) is 1. The fraction of sp³-hybridized carbons (Fsp3) is 0.818. The first-order valence-corrected chi connectivity index (χ1v) is 5.51. The van der Waals surface area contributed by atoms with Gasteiger partial charge in [0, 0.05) is 18.1 Å². The van der Waals surface area contributed by atoms with Crippen LogP contribution in [0, 0.1) is 5.92 Å². The molecule has 0 aromatic heterocycles. The predicted molar refractivity (Wildman–Crippen MR) is 61.4 cm³/mol. The Labute approximate surface area is 96.2 Å². The first kappa shape index (κ1) is 13.0. The molecule has 0 radical (unpaired) electrons. The Morgan fingerprint density at radius 1 is 1.56 bits per heavy atom. The molecule has 0 aliphatic carbocycles. The fourth-order valence-corrected chi connectivity index (χ4v) is 1.36. The molecule has 1 rings (SSSR count). The molecule has 16 heavy (non-hydrogen) atoms. The number of hydrogen-bond donors (Lipinski definition) is 1. The number of carbonyl (C=O) groups is 1. The molecule has 5 heteroatoms. The molecule has 1 unspecified atom stereocenters. The molecular weight excluding hydrogens is 208 g/mol. The summed E-state index contributed by atoms with van der Waals surface area (Å²) in [4.78, 5) is 11.3. The van der Waals surface area contributed by atoms with Gasteiger partial charge < -0.3 is 9.47 Å². The molecule has 0 saturated carbocycles. The van der Waals surface area contributed by atoms with Crippen LogP contribution in [-0.4, -0.2) is 30.6 Å². The molecule has 1 N–H and O–H groups in total. The van der Waals surface area contributed by atoms with Gasteiger partial charge in [0.1, 0.15) is 5.60 Å². The second kappa shape index (κ2) is 5.30. The first-order valence-electron chi connectivity index (χ1n) is 5.51. The highest BCUT2D eigenvalue weighted by molar-refractivity contribution is 5.88. The Bertz CT molecular complexity index is 281. The van der Waals surface area contributed by atoms with E-state index < -0.39 is 11.7 Å². The Hall–Kier alpha value is -1.10. The van der Waals surface area contributed by atoms with Crippen molar-refractivity contribution in [1.29, 1.82) is 0 Å². The van der Waals surface area contributed by atoms with Gasteiger partial charge in [-0.25, -0.2) is 10.2 Å². The molecule has 0 spiro atoms. The van der Waals surface area contributed by atoms with Crippen molar-refractivity contribution in [3.05, 3.63) is 0 Å². The van der Waals surface area contributed by atoms with Crippen LogP contribution in [-0.2, 0) is 9.47 Å². The smallest absolute Gasteiger partial charge is 0.428 e. The van der Waals surface area contributed by atoms with Crippen LogP contribution in [0.25, 0.3) is 0 Å². The van der Waals surface area contributed by atoms with E-state index in [9.17, 15) is 4.79 Å². The maximum Gasteiger partial charge on any atom is 0.428 e. The van der Waals surface area contributed by atoms with Crippen LogP contribution in [0.2, 0.25) is 0 Å². The number of rotatable bonds is 1. The summed E-state index contributed by atoms with van der Waals surface area (Å²) >= 11 is 0. The van der Waals surface area contributed by atoms with Gasteiger partial charge >= 0.3 is 6.09 Å². The van der Waals surface area contributed by atoms with Gasteiger partial charge in [0.25, 0.3) is 0 Å². The van der Waals surface area contributed by atoms with E-state index in [1.165, 1.54) is 0 Å². The van der Waals surface area contributed by atoms with Gasteiger partial charge in [-0.2, -0.15) is 5.10 Å². The minimum Gasteiger partial charge on any atom is -0.443 e. The molecular formula is C11H20N2O3. The highest BCUT2D eigenvalue weighted by atomic mass is 16.6. The zero-order valence-corrected chi connectivity index (χ0v) is 10.4.